The van der Waals surface area contributed by atoms with Crippen molar-refractivity contribution in [3.63, 3.8) is 0 Å². The van der Waals surface area contributed by atoms with E-state index in [4.69, 9.17) is 10.5 Å². The third-order valence-electron chi connectivity index (χ3n) is 2.30. The Hall–Kier alpha value is -1.28. The maximum atomic E-state index is 6.07. The lowest BCUT2D eigenvalue weighted by atomic mass is 10.0. The van der Waals surface area contributed by atoms with Gasteiger partial charge in [0.2, 0.25) is 0 Å². The van der Waals surface area contributed by atoms with Crippen molar-refractivity contribution < 1.29 is 4.74 Å². The number of rotatable bonds is 4. The highest BCUT2D eigenvalue weighted by Gasteiger charge is 2.12. The van der Waals surface area contributed by atoms with Crippen LogP contribution in [0.15, 0.2) is 36.4 Å². The first kappa shape index (κ1) is 13.8. The van der Waals surface area contributed by atoms with Crippen molar-refractivity contribution >= 4 is 0 Å². The van der Waals surface area contributed by atoms with Crippen LogP contribution in [0.3, 0.4) is 0 Å². The minimum Gasteiger partial charge on any atom is -0.488 e. The van der Waals surface area contributed by atoms with Gasteiger partial charge in [-0.05, 0) is 51.8 Å². The van der Waals surface area contributed by atoms with Crippen LogP contribution in [0.25, 0.3) is 0 Å². The molecular formula is C15H23NO. The molecule has 0 aromatic heterocycles. The summed E-state index contributed by atoms with van der Waals surface area (Å²) in [5, 5.41) is 0. The SMILES string of the molecule is C=C(C)C[C@@H](N)c1ccc(OC(C)(C)C)cc1. The van der Waals surface area contributed by atoms with Gasteiger partial charge >= 0.3 is 0 Å². The third-order valence-corrected chi connectivity index (χ3v) is 2.30. The van der Waals surface area contributed by atoms with Crippen LogP contribution in [0.5, 0.6) is 5.75 Å². The Bertz CT molecular complexity index is 373. The van der Waals surface area contributed by atoms with Crippen molar-refractivity contribution in [1.82, 2.24) is 0 Å². The highest BCUT2D eigenvalue weighted by Crippen LogP contribution is 2.23. The molecule has 0 bridgehead atoms. The lowest BCUT2D eigenvalue weighted by Crippen LogP contribution is -2.22. The molecule has 0 amide bonds. The molecule has 0 aliphatic carbocycles. The summed E-state index contributed by atoms with van der Waals surface area (Å²) in [6.45, 7) is 12.0. The second kappa shape index (κ2) is 5.37. The molecule has 0 saturated heterocycles. The molecule has 0 spiro atoms. The van der Waals surface area contributed by atoms with Gasteiger partial charge in [0.25, 0.3) is 0 Å². The molecule has 1 atom stereocenters. The zero-order valence-corrected chi connectivity index (χ0v) is 11.3. The van der Waals surface area contributed by atoms with E-state index in [0.29, 0.717) is 0 Å². The Kier molecular flexibility index (Phi) is 4.35. The van der Waals surface area contributed by atoms with E-state index < -0.39 is 0 Å². The normalized spacial score (nSPS) is 13.2. The molecule has 2 nitrogen and oxygen atoms in total. The summed E-state index contributed by atoms with van der Waals surface area (Å²) in [5.41, 5.74) is 8.13. The zero-order chi connectivity index (χ0) is 13.1. The van der Waals surface area contributed by atoms with Crippen molar-refractivity contribution in [3.05, 3.63) is 42.0 Å². The first-order chi connectivity index (χ1) is 7.78. The van der Waals surface area contributed by atoms with Crippen LogP contribution in [0.2, 0.25) is 0 Å². The minimum absolute atomic E-state index is 0.0242. The highest BCUT2D eigenvalue weighted by atomic mass is 16.5. The van der Waals surface area contributed by atoms with E-state index in [1.54, 1.807) is 0 Å². The van der Waals surface area contributed by atoms with Crippen LogP contribution in [0.1, 0.15) is 45.7 Å². The second-order valence-electron chi connectivity index (χ2n) is 5.55. The second-order valence-corrected chi connectivity index (χ2v) is 5.55. The first-order valence-electron chi connectivity index (χ1n) is 5.97. The number of benzene rings is 1. The van der Waals surface area contributed by atoms with Crippen molar-refractivity contribution in [2.24, 2.45) is 5.73 Å². The Labute approximate surface area is 104 Å². The largest absolute Gasteiger partial charge is 0.488 e. The van der Waals surface area contributed by atoms with Gasteiger partial charge in [-0.1, -0.05) is 17.7 Å². The number of nitrogens with two attached hydrogens (primary N) is 1. The number of hydrogen-bond donors (Lipinski definition) is 1. The number of ether oxygens (including phenoxy) is 1. The van der Waals surface area contributed by atoms with Crippen LogP contribution in [0.4, 0.5) is 0 Å². The van der Waals surface area contributed by atoms with Gasteiger partial charge in [0, 0.05) is 6.04 Å². The molecule has 0 saturated carbocycles. The third kappa shape index (κ3) is 5.05. The minimum atomic E-state index is -0.165. The smallest absolute Gasteiger partial charge is 0.120 e. The Balaban J connectivity index is 2.71. The topological polar surface area (TPSA) is 35.2 Å². The van der Waals surface area contributed by atoms with Crippen molar-refractivity contribution in [3.8, 4) is 5.75 Å². The molecule has 1 aromatic carbocycles. The van der Waals surface area contributed by atoms with Gasteiger partial charge in [0.05, 0.1) is 0 Å². The fourth-order valence-electron chi connectivity index (χ4n) is 1.63. The molecule has 2 N–H and O–H groups in total. The molecule has 1 aromatic rings. The molecule has 0 aliphatic heterocycles. The maximum absolute atomic E-state index is 6.07. The summed E-state index contributed by atoms with van der Waals surface area (Å²) in [6, 6.07) is 8.01. The van der Waals surface area contributed by atoms with Gasteiger partial charge in [0.15, 0.2) is 0 Å². The molecule has 0 fully saturated rings. The van der Waals surface area contributed by atoms with Gasteiger partial charge in [-0.3, -0.25) is 0 Å². The first-order valence-corrected chi connectivity index (χ1v) is 5.97. The predicted octanol–water partition coefficient (Wildman–Crippen LogP) is 3.83. The summed E-state index contributed by atoms with van der Waals surface area (Å²) in [6.07, 6.45) is 0.819. The van der Waals surface area contributed by atoms with E-state index in [1.807, 2.05) is 52.0 Å². The molecule has 0 radical (unpaired) electrons. The quantitative estimate of drug-likeness (QED) is 0.802. The van der Waals surface area contributed by atoms with Gasteiger partial charge in [-0.15, -0.1) is 6.58 Å². The lowest BCUT2D eigenvalue weighted by Gasteiger charge is -2.21. The fraction of sp³-hybridized carbons (Fsp3) is 0.467. The van der Waals surface area contributed by atoms with Gasteiger partial charge in [0.1, 0.15) is 11.4 Å². The summed E-state index contributed by atoms with van der Waals surface area (Å²) in [7, 11) is 0. The van der Waals surface area contributed by atoms with E-state index >= 15 is 0 Å². The summed E-state index contributed by atoms with van der Waals surface area (Å²) >= 11 is 0. The van der Waals surface area contributed by atoms with Gasteiger partial charge in [-0.2, -0.15) is 0 Å². The summed E-state index contributed by atoms with van der Waals surface area (Å²) in [4.78, 5) is 0. The Morgan fingerprint density at radius 2 is 1.82 bits per heavy atom. The zero-order valence-electron chi connectivity index (χ0n) is 11.3. The van der Waals surface area contributed by atoms with E-state index in [1.165, 1.54) is 0 Å². The van der Waals surface area contributed by atoms with Crippen LogP contribution >= 0.6 is 0 Å². The van der Waals surface area contributed by atoms with Crippen LogP contribution in [-0.4, -0.2) is 5.60 Å². The molecule has 17 heavy (non-hydrogen) atoms. The number of hydrogen-bond acceptors (Lipinski definition) is 2. The summed E-state index contributed by atoms with van der Waals surface area (Å²) < 4.78 is 5.76. The van der Waals surface area contributed by atoms with Gasteiger partial charge in [-0.25, -0.2) is 0 Å². The van der Waals surface area contributed by atoms with Crippen LogP contribution in [0, 0.1) is 0 Å². The average Bonchev–Trinajstić information content (AvgIpc) is 2.15. The van der Waals surface area contributed by atoms with Crippen LogP contribution in [-0.2, 0) is 0 Å². The molecule has 1 rings (SSSR count). The predicted molar refractivity (Wildman–Crippen MR) is 73.2 cm³/mol. The maximum Gasteiger partial charge on any atom is 0.120 e. The van der Waals surface area contributed by atoms with Crippen molar-refractivity contribution in [2.75, 3.05) is 0 Å². The molecule has 2 heteroatoms. The summed E-state index contributed by atoms with van der Waals surface area (Å²) in [5.74, 6) is 0.878. The van der Waals surface area contributed by atoms with Crippen molar-refractivity contribution in [1.29, 1.82) is 0 Å². The molecule has 94 valence electrons. The fourth-order valence-corrected chi connectivity index (χ4v) is 1.63. The molecule has 0 unspecified atom stereocenters. The van der Waals surface area contributed by atoms with E-state index in [0.717, 1.165) is 23.3 Å². The Morgan fingerprint density at radius 1 is 1.29 bits per heavy atom. The molecular weight excluding hydrogens is 210 g/mol. The lowest BCUT2D eigenvalue weighted by molar-refractivity contribution is 0.131. The monoisotopic (exact) mass is 233 g/mol. The van der Waals surface area contributed by atoms with Crippen LogP contribution < -0.4 is 10.5 Å². The standard InChI is InChI=1S/C15H23NO/c1-11(2)10-14(16)12-6-8-13(9-7-12)17-15(3,4)5/h6-9,14H,1,10,16H2,2-5H3/t14-/m1/s1. The molecule has 0 aliphatic rings. The van der Waals surface area contributed by atoms with E-state index in [-0.39, 0.29) is 11.6 Å². The van der Waals surface area contributed by atoms with Gasteiger partial charge < -0.3 is 10.5 Å². The highest BCUT2D eigenvalue weighted by molar-refractivity contribution is 5.30. The average molecular weight is 233 g/mol. The molecule has 0 heterocycles. The van der Waals surface area contributed by atoms with E-state index in [2.05, 4.69) is 6.58 Å². The van der Waals surface area contributed by atoms with Crippen molar-refractivity contribution in [2.45, 2.75) is 45.8 Å². The van der Waals surface area contributed by atoms with E-state index in [9.17, 15) is 0 Å². The Morgan fingerprint density at radius 3 is 2.24 bits per heavy atom.